The first-order valence-corrected chi connectivity index (χ1v) is 9.25. The van der Waals surface area contributed by atoms with Crippen LogP contribution in [-0.4, -0.2) is 26.7 Å². The Kier molecular flexibility index (Phi) is 5.26. The molecule has 0 saturated carbocycles. The van der Waals surface area contributed by atoms with Crippen LogP contribution in [0.1, 0.15) is 31.2 Å². The Morgan fingerprint density at radius 1 is 1.13 bits per heavy atom. The van der Waals surface area contributed by atoms with E-state index in [2.05, 4.69) is 18.8 Å². The Balaban J connectivity index is 2.03. The molecule has 0 unspecified atom stereocenters. The molecule has 0 aliphatic rings. The predicted octanol–water partition coefficient (Wildman–Crippen LogP) is 3.18. The van der Waals surface area contributed by atoms with E-state index in [0.717, 1.165) is 11.4 Å². The molecule has 2 rings (SSSR count). The molecule has 1 aromatic heterocycles. The minimum atomic E-state index is -3.25. The van der Waals surface area contributed by atoms with Gasteiger partial charge >= 0.3 is 0 Å². The van der Waals surface area contributed by atoms with Crippen molar-refractivity contribution < 1.29 is 13.2 Å². The molecular weight excluding hydrogens is 312 g/mol. The van der Waals surface area contributed by atoms with Gasteiger partial charge in [-0.1, -0.05) is 19.9 Å². The monoisotopic (exact) mass is 334 g/mol. The van der Waals surface area contributed by atoms with Crippen molar-refractivity contribution in [3.63, 3.8) is 0 Å². The van der Waals surface area contributed by atoms with Gasteiger partial charge in [-0.2, -0.15) is 0 Å². The van der Waals surface area contributed by atoms with Crippen molar-refractivity contribution in [3.05, 3.63) is 53.9 Å². The first kappa shape index (κ1) is 17.3. The van der Waals surface area contributed by atoms with E-state index in [1.807, 2.05) is 18.2 Å². The van der Waals surface area contributed by atoms with Crippen molar-refractivity contribution in [1.29, 1.82) is 0 Å². The zero-order valence-corrected chi connectivity index (χ0v) is 14.7. The number of pyridine rings is 1. The van der Waals surface area contributed by atoms with Crippen molar-refractivity contribution in [1.82, 2.24) is 4.98 Å². The Bertz CT molecular complexity index is 756. The molecule has 0 spiro atoms. The van der Waals surface area contributed by atoms with Gasteiger partial charge in [0.25, 0.3) is 0 Å². The third-order valence-electron chi connectivity index (χ3n) is 3.50. The fraction of sp³-hybridized carbons (Fsp3) is 0.353. The van der Waals surface area contributed by atoms with Crippen LogP contribution in [0.4, 0.5) is 5.69 Å². The Hall–Kier alpha value is -2.08. The van der Waals surface area contributed by atoms with E-state index in [1.165, 1.54) is 17.6 Å². The van der Waals surface area contributed by atoms with Crippen molar-refractivity contribution >= 4 is 15.7 Å². The molecule has 1 heterocycles. The largest absolute Gasteiger partial charge is 0.487 e. The average Bonchev–Trinajstić information content (AvgIpc) is 2.52. The molecule has 0 bridgehead atoms. The normalized spacial score (nSPS) is 11.5. The summed E-state index contributed by atoms with van der Waals surface area (Å²) in [7, 11) is -1.73. The second kappa shape index (κ2) is 7.00. The van der Waals surface area contributed by atoms with Crippen LogP contribution in [-0.2, 0) is 16.6 Å². The third kappa shape index (κ3) is 4.69. The lowest BCUT2D eigenvalue weighted by molar-refractivity contribution is 0.301. The van der Waals surface area contributed by atoms with Gasteiger partial charge in [0.15, 0.2) is 0 Å². The third-order valence-corrected chi connectivity index (χ3v) is 4.71. The molecule has 0 atom stereocenters. The van der Waals surface area contributed by atoms with Crippen LogP contribution in [0.25, 0.3) is 0 Å². The molecule has 2 aromatic rings. The van der Waals surface area contributed by atoms with E-state index < -0.39 is 10.0 Å². The van der Waals surface area contributed by atoms with E-state index >= 15 is 0 Å². The number of sulfonamides is 1. The highest BCUT2D eigenvalue weighted by atomic mass is 32.2. The van der Waals surface area contributed by atoms with Gasteiger partial charge < -0.3 is 4.74 Å². The molecule has 6 heteroatoms. The first-order chi connectivity index (χ1) is 10.8. The van der Waals surface area contributed by atoms with Gasteiger partial charge in [0.05, 0.1) is 17.6 Å². The van der Waals surface area contributed by atoms with Crippen LogP contribution in [0.2, 0.25) is 0 Å². The van der Waals surface area contributed by atoms with Crippen molar-refractivity contribution in [2.24, 2.45) is 0 Å². The fourth-order valence-electron chi connectivity index (χ4n) is 2.00. The maximum Gasteiger partial charge on any atom is 0.231 e. The van der Waals surface area contributed by atoms with E-state index in [9.17, 15) is 8.42 Å². The maximum atomic E-state index is 11.5. The number of rotatable bonds is 6. The summed E-state index contributed by atoms with van der Waals surface area (Å²) in [4.78, 5) is 4.55. The lowest BCUT2D eigenvalue weighted by Crippen LogP contribution is -2.24. The maximum absolute atomic E-state index is 11.5. The first-order valence-electron chi connectivity index (χ1n) is 7.40. The van der Waals surface area contributed by atoms with E-state index in [-0.39, 0.29) is 0 Å². The highest BCUT2D eigenvalue weighted by molar-refractivity contribution is 7.92. The summed E-state index contributed by atoms with van der Waals surface area (Å²) < 4.78 is 29.9. The van der Waals surface area contributed by atoms with Gasteiger partial charge in [0.2, 0.25) is 10.0 Å². The van der Waals surface area contributed by atoms with Gasteiger partial charge in [-0.15, -0.1) is 0 Å². The number of ether oxygens (including phenoxy) is 1. The predicted molar refractivity (Wildman–Crippen MR) is 92.3 cm³/mol. The molecule has 0 N–H and O–H groups in total. The van der Waals surface area contributed by atoms with Crippen LogP contribution in [0.15, 0.2) is 42.5 Å². The average molecular weight is 334 g/mol. The second-order valence-electron chi connectivity index (χ2n) is 5.72. The molecule has 124 valence electrons. The lowest BCUT2D eigenvalue weighted by Gasteiger charge is -2.16. The smallest absolute Gasteiger partial charge is 0.231 e. The minimum absolute atomic E-state index is 0.376. The number of benzene rings is 1. The lowest BCUT2D eigenvalue weighted by atomic mass is 10.1. The number of hydrogen-bond donors (Lipinski definition) is 0. The Morgan fingerprint density at radius 2 is 1.78 bits per heavy atom. The van der Waals surface area contributed by atoms with Crippen LogP contribution in [0.5, 0.6) is 5.75 Å². The number of anilines is 1. The highest BCUT2D eigenvalue weighted by Gasteiger charge is 2.11. The highest BCUT2D eigenvalue weighted by Crippen LogP contribution is 2.21. The van der Waals surface area contributed by atoms with Gasteiger partial charge in [0.1, 0.15) is 12.4 Å². The van der Waals surface area contributed by atoms with Crippen LogP contribution < -0.4 is 9.04 Å². The summed E-state index contributed by atoms with van der Waals surface area (Å²) in [6.07, 6.45) is 1.17. The van der Waals surface area contributed by atoms with E-state index in [0.29, 0.717) is 24.0 Å². The van der Waals surface area contributed by atoms with E-state index in [4.69, 9.17) is 4.74 Å². The molecule has 0 fully saturated rings. The molecule has 0 saturated heterocycles. The second-order valence-corrected chi connectivity index (χ2v) is 7.74. The van der Waals surface area contributed by atoms with Crippen LogP contribution in [0.3, 0.4) is 0 Å². The topological polar surface area (TPSA) is 59.5 Å². The molecule has 0 aliphatic heterocycles. The summed E-state index contributed by atoms with van der Waals surface area (Å²) in [6.45, 7) is 4.58. The summed E-state index contributed by atoms with van der Waals surface area (Å²) in [5, 5.41) is 0. The number of aromatic nitrogens is 1. The molecule has 23 heavy (non-hydrogen) atoms. The van der Waals surface area contributed by atoms with Crippen LogP contribution >= 0.6 is 0 Å². The summed E-state index contributed by atoms with van der Waals surface area (Å²) in [5.74, 6) is 1.05. The van der Waals surface area contributed by atoms with E-state index in [1.54, 1.807) is 24.3 Å². The molecule has 0 radical (unpaired) electrons. The zero-order valence-electron chi connectivity index (χ0n) is 13.9. The Labute approximate surface area is 138 Å². The van der Waals surface area contributed by atoms with Gasteiger partial charge in [0, 0.05) is 12.7 Å². The molecule has 1 aromatic carbocycles. The summed E-state index contributed by atoms with van der Waals surface area (Å²) in [6, 6.07) is 12.8. The van der Waals surface area contributed by atoms with Gasteiger partial charge in [-0.05, 0) is 42.3 Å². The number of nitrogens with zero attached hydrogens (tertiary/aromatic N) is 2. The molecule has 5 nitrogen and oxygen atoms in total. The standard InChI is InChI=1S/C17H22N2O3S/c1-13(2)17-7-5-6-14(18-17)12-22-16-10-8-15(9-11-16)19(3)23(4,20)21/h5-11,13H,12H2,1-4H3. The van der Waals surface area contributed by atoms with Crippen molar-refractivity contribution in [3.8, 4) is 5.75 Å². The summed E-state index contributed by atoms with van der Waals surface area (Å²) in [5.41, 5.74) is 2.50. The van der Waals surface area contributed by atoms with Gasteiger partial charge in [-0.3, -0.25) is 9.29 Å². The SMILES string of the molecule is CC(C)c1cccc(COc2ccc(N(C)S(C)(=O)=O)cc2)n1. The summed E-state index contributed by atoms with van der Waals surface area (Å²) >= 11 is 0. The van der Waals surface area contributed by atoms with Crippen LogP contribution in [0, 0.1) is 0 Å². The quantitative estimate of drug-likeness (QED) is 0.814. The minimum Gasteiger partial charge on any atom is -0.487 e. The van der Waals surface area contributed by atoms with Crippen molar-refractivity contribution in [2.45, 2.75) is 26.4 Å². The molecule has 0 amide bonds. The molecular formula is C17H22N2O3S. The van der Waals surface area contributed by atoms with Gasteiger partial charge in [-0.25, -0.2) is 8.42 Å². The zero-order chi connectivity index (χ0) is 17.0. The number of hydrogen-bond acceptors (Lipinski definition) is 4. The fourth-order valence-corrected chi connectivity index (χ4v) is 2.51. The Morgan fingerprint density at radius 3 is 2.35 bits per heavy atom. The van der Waals surface area contributed by atoms with Crippen molar-refractivity contribution in [2.75, 3.05) is 17.6 Å². The molecule has 0 aliphatic carbocycles.